The Morgan fingerprint density at radius 3 is 2.08 bits per heavy atom. The molecule has 2 aromatic rings. The predicted molar refractivity (Wildman–Crippen MR) is 135 cm³/mol. The van der Waals surface area contributed by atoms with Crippen molar-refractivity contribution in [1.29, 1.82) is 0 Å². The van der Waals surface area contributed by atoms with Gasteiger partial charge >= 0.3 is 0 Å². The molecule has 2 heterocycles. The summed E-state index contributed by atoms with van der Waals surface area (Å²) in [5.41, 5.74) is -0.0887. The molecule has 3 rings (SSSR count). The number of benzene rings is 1. The van der Waals surface area contributed by atoms with Gasteiger partial charge in [-0.05, 0) is 25.8 Å². The van der Waals surface area contributed by atoms with E-state index >= 15 is 0 Å². The molecule has 1 aromatic carbocycles. The highest BCUT2D eigenvalue weighted by Gasteiger charge is 2.50. The number of ether oxygens (including phenoxy) is 3. The summed E-state index contributed by atoms with van der Waals surface area (Å²) in [5, 5.41) is 8.67. The number of carbonyl (C=O) groups is 4. The molecular formula is C25H32N4O7S. The number of rotatable bonds is 14. The largest absolute Gasteiger partial charge is 0.382 e. The molecule has 1 aliphatic heterocycles. The molecule has 0 bridgehead atoms. The zero-order chi connectivity index (χ0) is 27.0. The van der Waals surface area contributed by atoms with Gasteiger partial charge in [0.1, 0.15) is 22.6 Å². The topological polar surface area (TPSA) is 148 Å². The van der Waals surface area contributed by atoms with E-state index in [9.17, 15) is 19.2 Å². The van der Waals surface area contributed by atoms with Gasteiger partial charge in [-0.25, -0.2) is 4.98 Å². The number of hydrogen-bond donors (Lipinski definition) is 3. The van der Waals surface area contributed by atoms with Gasteiger partial charge in [-0.1, -0.05) is 30.3 Å². The Labute approximate surface area is 219 Å². The van der Waals surface area contributed by atoms with Gasteiger partial charge in [0.15, 0.2) is 5.78 Å². The Balaban J connectivity index is 1.70. The molecule has 0 radical (unpaired) electrons. The Kier molecular flexibility index (Phi) is 9.86. The van der Waals surface area contributed by atoms with Crippen LogP contribution in [0, 0.1) is 6.92 Å². The lowest BCUT2D eigenvalue weighted by molar-refractivity contribution is -0.134. The fourth-order valence-electron chi connectivity index (χ4n) is 3.62. The molecule has 1 aromatic heterocycles. The van der Waals surface area contributed by atoms with Crippen molar-refractivity contribution in [3.05, 3.63) is 52.0 Å². The standard InChI is InChI=1S/C25H32N4O7S/c1-15-26-11-20(37-15)24(33)29-19(13-35-4)23(32)28-18(12-34-3)22(31)27-17(21(30)25(2)14-36-25)10-16-8-6-5-7-9-16/h5-9,11,17-19H,10,12-14H2,1-4H3,(H,27,31)(H,28,32)(H,29,33)/t17?,18-,19-,25+/m0/s1. The van der Waals surface area contributed by atoms with Crippen LogP contribution in [0.25, 0.3) is 0 Å². The molecule has 0 aliphatic carbocycles. The van der Waals surface area contributed by atoms with Crippen LogP contribution in [0.4, 0.5) is 0 Å². The first-order chi connectivity index (χ1) is 17.7. The molecular weight excluding hydrogens is 500 g/mol. The Morgan fingerprint density at radius 1 is 1.00 bits per heavy atom. The third kappa shape index (κ3) is 7.89. The number of aromatic nitrogens is 1. The molecule has 0 saturated carbocycles. The van der Waals surface area contributed by atoms with E-state index in [1.165, 1.54) is 31.8 Å². The number of epoxide rings is 1. The molecule has 200 valence electrons. The van der Waals surface area contributed by atoms with Gasteiger partial charge in [-0.3, -0.25) is 19.2 Å². The van der Waals surface area contributed by atoms with Gasteiger partial charge in [0, 0.05) is 14.2 Å². The molecule has 37 heavy (non-hydrogen) atoms. The number of ketones is 1. The monoisotopic (exact) mass is 532 g/mol. The number of hydrogen-bond acceptors (Lipinski definition) is 9. The second kappa shape index (κ2) is 12.9. The lowest BCUT2D eigenvalue weighted by atomic mass is 9.94. The van der Waals surface area contributed by atoms with Gasteiger partial charge in [-0.15, -0.1) is 11.3 Å². The number of carbonyl (C=O) groups excluding carboxylic acids is 4. The molecule has 1 unspecified atom stereocenters. The van der Waals surface area contributed by atoms with Crippen molar-refractivity contribution >= 4 is 34.8 Å². The summed E-state index contributed by atoms with van der Waals surface area (Å²) in [6.45, 7) is 3.44. The van der Waals surface area contributed by atoms with Crippen molar-refractivity contribution < 1.29 is 33.4 Å². The number of aryl methyl sites for hydroxylation is 1. The maximum absolute atomic E-state index is 13.2. The van der Waals surface area contributed by atoms with E-state index in [2.05, 4.69) is 20.9 Å². The van der Waals surface area contributed by atoms with Crippen molar-refractivity contribution in [3.63, 3.8) is 0 Å². The van der Waals surface area contributed by atoms with Crippen LogP contribution >= 0.6 is 11.3 Å². The predicted octanol–water partition coefficient (Wildman–Crippen LogP) is 0.413. The number of amides is 3. The van der Waals surface area contributed by atoms with Gasteiger partial charge in [0.25, 0.3) is 5.91 Å². The van der Waals surface area contributed by atoms with Crippen molar-refractivity contribution in [2.45, 2.75) is 44.0 Å². The summed E-state index contributed by atoms with van der Waals surface area (Å²) in [7, 11) is 2.78. The molecule has 3 N–H and O–H groups in total. The van der Waals surface area contributed by atoms with Crippen LogP contribution in [0.5, 0.6) is 0 Å². The first kappa shape index (κ1) is 28.4. The number of methoxy groups -OCH3 is 2. The third-order valence-electron chi connectivity index (χ3n) is 5.78. The van der Waals surface area contributed by atoms with Crippen molar-refractivity contribution in [1.82, 2.24) is 20.9 Å². The quantitative estimate of drug-likeness (QED) is 0.297. The van der Waals surface area contributed by atoms with Crippen LogP contribution < -0.4 is 16.0 Å². The number of thiazole rings is 1. The van der Waals surface area contributed by atoms with Crippen LogP contribution in [0.1, 0.15) is 27.2 Å². The lowest BCUT2D eigenvalue weighted by Gasteiger charge is -2.25. The van der Waals surface area contributed by atoms with Gasteiger partial charge in [-0.2, -0.15) is 0 Å². The number of Topliss-reactive ketones (excluding diaryl/α,β-unsaturated/α-hetero) is 1. The first-order valence-corrected chi connectivity index (χ1v) is 12.5. The summed E-state index contributed by atoms with van der Waals surface area (Å²) < 4.78 is 15.6. The average molecular weight is 533 g/mol. The maximum Gasteiger partial charge on any atom is 0.263 e. The Hall–Kier alpha value is -3.19. The van der Waals surface area contributed by atoms with E-state index in [0.29, 0.717) is 9.88 Å². The van der Waals surface area contributed by atoms with E-state index in [0.717, 1.165) is 5.56 Å². The zero-order valence-corrected chi connectivity index (χ0v) is 22.1. The minimum atomic E-state index is -1.13. The van der Waals surface area contributed by atoms with E-state index in [-0.39, 0.29) is 32.0 Å². The van der Waals surface area contributed by atoms with Gasteiger partial charge < -0.3 is 30.2 Å². The fourth-order valence-corrected chi connectivity index (χ4v) is 4.30. The van der Waals surface area contributed by atoms with E-state index in [1.54, 1.807) is 13.8 Å². The molecule has 4 atom stereocenters. The second-order valence-electron chi connectivity index (χ2n) is 8.88. The normalized spacial score (nSPS) is 18.8. The van der Waals surface area contributed by atoms with Crippen LogP contribution in [0.2, 0.25) is 0 Å². The minimum absolute atomic E-state index is 0.124. The van der Waals surface area contributed by atoms with Crippen molar-refractivity contribution in [2.75, 3.05) is 34.0 Å². The summed E-state index contributed by atoms with van der Waals surface area (Å²) >= 11 is 1.19. The van der Waals surface area contributed by atoms with Crippen LogP contribution in [0.3, 0.4) is 0 Å². The van der Waals surface area contributed by atoms with Gasteiger partial charge in [0.2, 0.25) is 11.8 Å². The summed E-state index contributed by atoms with van der Waals surface area (Å²) in [4.78, 5) is 56.3. The van der Waals surface area contributed by atoms with E-state index in [4.69, 9.17) is 14.2 Å². The van der Waals surface area contributed by atoms with Crippen LogP contribution in [0.15, 0.2) is 36.5 Å². The second-order valence-corrected chi connectivity index (χ2v) is 10.1. The Bertz CT molecular complexity index is 1100. The number of nitrogens with zero attached hydrogens (tertiary/aromatic N) is 1. The summed E-state index contributed by atoms with van der Waals surface area (Å²) in [6, 6.07) is 6.20. The maximum atomic E-state index is 13.2. The molecule has 1 saturated heterocycles. The highest BCUT2D eigenvalue weighted by atomic mass is 32.1. The molecule has 0 spiro atoms. The highest BCUT2D eigenvalue weighted by molar-refractivity contribution is 7.13. The molecule has 3 amide bonds. The number of nitrogens with one attached hydrogen (secondary N) is 3. The summed E-state index contributed by atoms with van der Waals surface area (Å²) in [6.07, 6.45) is 1.68. The van der Waals surface area contributed by atoms with Crippen molar-refractivity contribution in [3.8, 4) is 0 Å². The average Bonchev–Trinajstić information content (AvgIpc) is 3.48. The van der Waals surface area contributed by atoms with E-state index in [1.807, 2.05) is 30.3 Å². The molecule has 1 fully saturated rings. The third-order valence-corrected chi connectivity index (χ3v) is 6.69. The lowest BCUT2D eigenvalue weighted by Crippen LogP contribution is -2.59. The van der Waals surface area contributed by atoms with Crippen LogP contribution in [-0.4, -0.2) is 86.3 Å². The molecule has 12 heteroatoms. The zero-order valence-electron chi connectivity index (χ0n) is 21.2. The first-order valence-electron chi connectivity index (χ1n) is 11.7. The van der Waals surface area contributed by atoms with Crippen LogP contribution in [-0.2, 0) is 35.0 Å². The Morgan fingerprint density at radius 2 is 1.57 bits per heavy atom. The fraction of sp³-hybridized carbons (Fsp3) is 0.480. The van der Waals surface area contributed by atoms with E-state index < -0.39 is 41.4 Å². The van der Waals surface area contributed by atoms with Crippen molar-refractivity contribution in [2.24, 2.45) is 0 Å². The highest BCUT2D eigenvalue weighted by Crippen LogP contribution is 2.29. The molecule has 1 aliphatic rings. The van der Waals surface area contributed by atoms with Gasteiger partial charge in [0.05, 0.1) is 37.1 Å². The SMILES string of the molecule is COC[C@H](NC(=O)c1cnc(C)s1)C(=O)N[C@@H](COC)C(=O)NC(Cc1ccccc1)C(=O)[C@@]1(C)CO1. The minimum Gasteiger partial charge on any atom is -0.382 e. The molecule has 11 nitrogen and oxygen atoms in total. The summed E-state index contributed by atoms with van der Waals surface area (Å²) in [5.74, 6) is -1.98. The smallest absolute Gasteiger partial charge is 0.263 e.